The van der Waals surface area contributed by atoms with Gasteiger partial charge in [-0.3, -0.25) is 19.4 Å². The number of nitrogens with one attached hydrogen (secondary N) is 3. The van der Waals surface area contributed by atoms with Gasteiger partial charge in [0, 0.05) is 24.2 Å². The molecule has 16 nitrogen and oxygen atoms in total. The number of H-pyrrole nitrogens is 1. The number of rotatable bonds is 14. The van der Waals surface area contributed by atoms with E-state index in [4.69, 9.17) is 15.9 Å². The van der Waals surface area contributed by atoms with Crippen LogP contribution < -0.4 is 21.9 Å². The van der Waals surface area contributed by atoms with Gasteiger partial charge in [-0.25, -0.2) is 24.7 Å². The maximum atomic E-state index is 12.3. The van der Waals surface area contributed by atoms with E-state index in [9.17, 15) is 19.2 Å². The number of nitrogen functional groups attached to an aromatic ring is 1. The highest BCUT2D eigenvalue weighted by molar-refractivity contribution is 5.97. The summed E-state index contributed by atoms with van der Waals surface area (Å²) in [5.74, 6) is -3.16. The molecule has 2 heterocycles. The zero-order chi connectivity index (χ0) is 31.8. The van der Waals surface area contributed by atoms with Crippen LogP contribution in [0.3, 0.4) is 0 Å². The average Bonchev–Trinajstić information content (AvgIpc) is 2.96. The molecular formula is C27H37ClN10O6. The summed E-state index contributed by atoms with van der Waals surface area (Å²) in [7, 11) is 4.12. The van der Waals surface area contributed by atoms with Gasteiger partial charge < -0.3 is 31.5 Å². The van der Waals surface area contributed by atoms with Crippen molar-refractivity contribution in [2.75, 3.05) is 44.8 Å². The number of carbonyl (C=O) groups excluding carboxylic acids is 1. The van der Waals surface area contributed by atoms with Gasteiger partial charge in [-0.05, 0) is 64.7 Å². The predicted molar refractivity (Wildman–Crippen MR) is 168 cm³/mol. The molecule has 0 aliphatic heterocycles. The highest BCUT2D eigenvalue weighted by Gasteiger charge is 2.21. The highest BCUT2D eigenvalue weighted by Crippen LogP contribution is 2.12. The van der Waals surface area contributed by atoms with Crippen molar-refractivity contribution in [3.63, 3.8) is 0 Å². The van der Waals surface area contributed by atoms with Crippen molar-refractivity contribution in [1.29, 1.82) is 0 Å². The van der Waals surface area contributed by atoms with Gasteiger partial charge in [0.15, 0.2) is 11.2 Å². The number of carbonyl (C=O) groups is 3. The van der Waals surface area contributed by atoms with E-state index in [-0.39, 0.29) is 54.5 Å². The van der Waals surface area contributed by atoms with Crippen molar-refractivity contribution in [2.24, 2.45) is 9.98 Å². The van der Waals surface area contributed by atoms with Crippen LogP contribution in [-0.2, 0) is 16.1 Å². The Hall–Kier alpha value is -4.92. The first-order valence-corrected chi connectivity index (χ1v) is 13.3. The third-order valence-corrected chi connectivity index (χ3v) is 5.53. The predicted octanol–water partition coefficient (Wildman–Crippen LogP) is 1.51. The zero-order valence-electron chi connectivity index (χ0n) is 24.6. The lowest BCUT2D eigenvalue weighted by atomic mass is 10.1. The van der Waals surface area contributed by atoms with Crippen LogP contribution in [0.4, 0.5) is 11.6 Å². The van der Waals surface area contributed by atoms with Gasteiger partial charge in [-0.2, -0.15) is 4.98 Å². The lowest BCUT2D eigenvalue weighted by molar-refractivity contribution is -0.140. The summed E-state index contributed by atoms with van der Waals surface area (Å²) < 4.78 is 0. The summed E-state index contributed by atoms with van der Waals surface area (Å²) in [6, 6.07) is 7.50. The van der Waals surface area contributed by atoms with Crippen LogP contribution in [-0.4, -0.2) is 98.7 Å². The van der Waals surface area contributed by atoms with Crippen molar-refractivity contribution in [3.8, 4) is 0 Å². The number of halogens is 1. The first-order chi connectivity index (χ1) is 20.5. The van der Waals surface area contributed by atoms with Gasteiger partial charge in [0.1, 0.15) is 6.04 Å². The first-order valence-electron chi connectivity index (χ1n) is 13.3. The highest BCUT2D eigenvalue weighted by atomic mass is 35.5. The number of carboxylic acids is 2. The third kappa shape index (κ3) is 13.4. The molecule has 0 radical (unpaired) electrons. The Bertz CT molecular complexity index is 1510. The van der Waals surface area contributed by atoms with E-state index in [1.54, 1.807) is 12.1 Å². The maximum absolute atomic E-state index is 12.3. The molecule has 1 atom stereocenters. The molecule has 44 heavy (non-hydrogen) atoms. The van der Waals surface area contributed by atoms with Crippen LogP contribution in [0.1, 0.15) is 42.2 Å². The van der Waals surface area contributed by atoms with E-state index < -0.39 is 29.4 Å². The topological polar surface area (TPSA) is 241 Å². The average molecular weight is 633 g/mol. The number of fused-ring (bicyclic) bond motifs is 1. The second-order valence-corrected chi connectivity index (χ2v) is 9.33. The number of anilines is 2. The standard InChI is InChI=1S/C19H19N7O6.C8H17N3.ClH/c20-19-25-15-14(17(30)26-19)23-11(8-22-15)7-21-10-3-1-9(2-4-10)16(29)24-12(18(31)32)5-6-13(27)28;1-4-9-8-10-6-5-7-11(2)3;/h1-4,8,12,21H,5-7H2,(H,24,29)(H,27,28)(H,31,32)(H3,20,22,25,26,30);4-7H2,1-3H3;1H. The Morgan fingerprint density at radius 1 is 1.14 bits per heavy atom. The first kappa shape index (κ1) is 37.1. The van der Waals surface area contributed by atoms with Crippen LogP contribution in [0.25, 0.3) is 11.2 Å². The quantitative estimate of drug-likeness (QED) is 0.109. The number of hydrogen-bond acceptors (Lipinski definition) is 12. The number of benzene rings is 1. The second-order valence-electron chi connectivity index (χ2n) is 9.33. The van der Waals surface area contributed by atoms with Crippen LogP contribution in [0, 0.1) is 0 Å². The fourth-order valence-corrected chi connectivity index (χ4v) is 3.39. The summed E-state index contributed by atoms with van der Waals surface area (Å²) in [5, 5.41) is 23.2. The molecule has 0 aliphatic rings. The number of nitrogens with zero attached hydrogens (tertiary/aromatic N) is 6. The van der Waals surface area contributed by atoms with Crippen molar-refractivity contribution in [3.05, 3.63) is 52.1 Å². The van der Waals surface area contributed by atoms with Gasteiger partial charge in [0.25, 0.3) is 11.5 Å². The number of aliphatic imine (C=N–C) groups is 2. The molecular weight excluding hydrogens is 596 g/mol. The van der Waals surface area contributed by atoms with Gasteiger partial charge in [0.2, 0.25) is 5.95 Å². The van der Waals surface area contributed by atoms with E-state index in [1.807, 2.05) is 6.92 Å². The van der Waals surface area contributed by atoms with E-state index in [2.05, 4.69) is 65.6 Å². The number of hydrogen-bond donors (Lipinski definition) is 6. The molecule has 238 valence electrons. The monoisotopic (exact) mass is 632 g/mol. The molecule has 7 N–H and O–H groups in total. The third-order valence-electron chi connectivity index (χ3n) is 5.53. The Morgan fingerprint density at radius 3 is 2.45 bits per heavy atom. The molecule has 17 heteroatoms. The van der Waals surface area contributed by atoms with E-state index in [0.717, 1.165) is 26.1 Å². The molecule has 3 rings (SSSR count). The molecule has 0 saturated carbocycles. The van der Waals surface area contributed by atoms with E-state index in [1.165, 1.54) is 18.3 Å². The van der Waals surface area contributed by atoms with Crippen molar-refractivity contribution in [1.82, 2.24) is 30.2 Å². The summed E-state index contributed by atoms with van der Waals surface area (Å²) in [6.45, 7) is 4.90. The number of aromatic amines is 1. The number of amides is 1. The largest absolute Gasteiger partial charge is 0.481 e. The van der Waals surface area contributed by atoms with Crippen molar-refractivity contribution in [2.45, 2.75) is 38.8 Å². The molecule has 3 aromatic rings. The fraction of sp³-hybridized carbons (Fsp3) is 0.407. The molecule has 0 bridgehead atoms. The van der Waals surface area contributed by atoms with E-state index in [0.29, 0.717) is 11.4 Å². The lowest BCUT2D eigenvalue weighted by Crippen LogP contribution is -2.41. The van der Waals surface area contributed by atoms with Crippen LogP contribution >= 0.6 is 12.4 Å². The number of aromatic nitrogens is 4. The number of nitrogens with two attached hydrogens (primary N) is 1. The summed E-state index contributed by atoms with van der Waals surface area (Å²) in [4.78, 5) is 70.5. The Kier molecular flexibility index (Phi) is 16.3. The SMILES string of the molecule is CCN=C=NCCCN(C)C.Cl.Nc1nc2ncc(CNc3ccc(C(=O)NC(CCC(=O)O)C(=O)O)cc3)nc2c(=O)[nH]1. The minimum Gasteiger partial charge on any atom is -0.481 e. The van der Waals surface area contributed by atoms with Crippen molar-refractivity contribution < 1.29 is 24.6 Å². The van der Waals surface area contributed by atoms with Crippen LogP contribution in [0.15, 0.2) is 45.2 Å². The summed E-state index contributed by atoms with van der Waals surface area (Å²) in [5.41, 5.74) is 6.47. The molecule has 1 amide bonds. The Balaban J connectivity index is 0.000000690. The molecule has 0 saturated heterocycles. The molecule has 2 aromatic heterocycles. The molecule has 1 aromatic carbocycles. The smallest absolute Gasteiger partial charge is 0.326 e. The summed E-state index contributed by atoms with van der Waals surface area (Å²) in [6.07, 6.45) is 1.92. The van der Waals surface area contributed by atoms with Crippen LogP contribution in [0.5, 0.6) is 0 Å². The molecule has 0 spiro atoms. The molecule has 1 unspecified atom stereocenters. The number of aliphatic carboxylic acids is 2. The van der Waals surface area contributed by atoms with Gasteiger partial charge in [-0.1, -0.05) is 0 Å². The maximum Gasteiger partial charge on any atom is 0.326 e. The fourth-order valence-electron chi connectivity index (χ4n) is 3.39. The molecule has 0 aliphatic carbocycles. The zero-order valence-corrected chi connectivity index (χ0v) is 25.4. The Labute approximate surface area is 259 Å². The normalized spacial score (nSPS) is 10.8. The van der Waals surface area contributed by atoms with E-state index >= 15 is 0 Å². The minimum atomic E-state index is -1.31. The van der Waals surface area contributed by atoms with Gasteiger partial charge >= 0.3 is 11.9 Å². The van der Waals surface area contributed by atoms with Crippen molar-refractivity contribution >= 4 is 59.1 Å². The summed E-state index contributed by atoms with van der Waals surface area (Å²) >= 11 is 0. The van der Waals surface area contributed by atoms with Crippen LogP contribution in [0.2, 0.25) is 0 Å². The lowest BCUT2D eigenvalue weighted by Gasteiger charge is -2.14. The minimum absolute atomic E-state index is 0. The van der Waals surface area contributed by atoms with Gasteiger partial charge in [0.05, 0.1) is 31.0 Å². The second kappa shape index (κ2) is 19.3. The van der Waals surface area contributed by atoms with Gasteiger partial charge in [-0.15, -0.1) is 12.4 Å². The Morgan fingerprint density at radius 2 is 1.84 bits per heavy atom. The molecule has 0 fully saturated rings. The number of carboxylic acid groups (broad SMARTS) is 2.